The molecule has 0 aliphatic heterocycles. The highest BCUT2D eigenvalue weighted by molar-refractivity contribution is 8.01. The number of aryl methyl sites for hydroxylation is 1. The number of azo groups is 3. The van der Waals surface area contributed by atoms with Gasteiger partial charge in [0.2, 0.25) is 5.88 Å². The minimum atomic E-state index is -5.04. The largest absolute Gasteiger partial charge is 0.505 e. The van der Waals surface area contributed by atoms with Gasteiger partial charge >= 0.3 is 27.4 Å². The van der Waals surface area contributed by atoms with E-state index in [0.717, 1.165) is 39.2 Å². The quantitative estimate of drug-likeness (QED) is 0.0345. The maximum atomic E-state index is 12.7. The van der Waals surface area contributed by atoms with Crippen LogP contribution in [0.15, 0.2) is 112 Å². The standard InChI is InChI=1S/C33H30N10O12S5.CO2.2O3S/c1-3-56-33-42-41-32(57-33)40-37-25-16-28(55-13-4-14-58(46,47)48)26(15-18(25)2)38-35-23-11-10-22-21(29(23)44)9-12-24(30(22)60(52,53)54)36-39-27-17-34-43(31(27)45)19-5-7-20(8-6-19)59(49,50)51;2-1-3;2*1-4(2)3/h5-12,15-17,44-45H,3-4,13-14H2,1-2H3,(H,46,47,48)(H,49,50,51)(H,52,53,54);;;. The molecule has 0 unspecified atom stereocenters. The van der Waals surface area contributed by atoms with Gasteiger partial charge in [-0.2, -0.15) is 44.6 Å². The van der Waals surface area contributed by atoms with Crippen molar-refractivity contribution in [2.24, 2.45) is 30.7 Å². The van der Waals surface area contributed by atoms with E-state index < -0.39 is 84.4 Å². The lowest BCUT2D eigenvalue weighted by atomic mass is 10.1. The second-order valence-corrected chi connectivity index (χ2v) is 20.3. The molecule has 0 aliphatic rings. The second-order valence-electron chi connectivity index (χ2n) is 12.6. The topological polar surface area (TPSA) is 467 Å². The smallest absolute Gasteiger partial charge is 0.425 e. The molecule has 0 spiro atoms. The van der Waals surface area contributed by atoms with Crippen LogP contribution >= 0.6 is 23.1 Å². The van der Waals surface area contributed by atoms with Gasteiger partial charge in [0.15, 0.2) is 15.8 Å². The fourth-order valence-electron chi connectivity index (χ4n) is 5.25. The first-order chi connectivity index (χ1) is 33.2. The summed E-state index contributed by atoms with van der Waals surface area (Å²) in [5.41, 5.74) is 0.408. The number of phenolic OH excluding ortho intramolecular Hbond substituents is 1. The van der Waals surface area contributed by atoms with E-state index in [-0.39, 0.29) is 58.5 Å². The van der Waals surface area contributed by atoms with Gasteiger partial charge in [-0.3, -0.25) is 13.7 Å². The molecule has 0 radical (unpaired) electrons. The lowest BCUT2D eigenvalue weighted by Gasteiger charge is -2.11. The number of phenols is 1. The summed E-state index contributed by atoms with van der Waals surface area (Å²) in [7, 11) is -20.0. The molecule has 378 valence electrons. The zero-order chi connectivity index (χ0) is 53.3. The molecule has 0 fully saturated rings. The third-order valence-corrected chi connectivity index (χ3v) is 12.4. The van der Waals surface area contributed by atoms with E-state index in [9.17, 15) is 44.6 Å². The SMILES string of the molecule is CCSc1nnc(N=Nc2cc(OCCCS(=O)(=O)O)c(N=Nc3ccc4c(S(=O)(=O)O)c(N=Nc5cnn(-c6ccc(S(=O)(=O)O)cc6)c5O)ccc4c3O)cc2C)s1.O=C=O.O=S(=O)=O.O=S(=O)=O. The molecule has 37 heteroatoms. The van der Waals surface area contributed by atoms with Crippen molar-refractivity contribution in [1.82, 2.24) is 20.0 Å². The summed E-state index contributed by atoms with van der Waals surface area (Å²) < 4.78 is 157. The molecular formula is C34H30N10O20S7. The Labute approximate surface area is 410 Å². The van der Waals surface area contributed by atoms with Crippen LogP contribution in [0.3, 0.4) is 0 Å². The van der Waals surface area contributed by atoms with E-state index in [1.54, 1.807) is 13.0 Å². The number of hydrogen-bond donors (Lipinski definition) is 5. The predicted octanol–water partition coefficient (Wildman–Crippen LogP) is 5.51. The monoisotopic (exact) mass is 1120 g/mol. The zero-order valence-electron chi connectivity index (χ0n) is 35.4. The molecule has 0 aliphatic carbocycles. The fourth-order valence-corrected chi connectivity index (χ4v) is 8.60. The molecule has 6 rings (SSSR count). The van der Waals surface area contributed by atoms with Crippen molar-refractivity contribution in [2.45, 2.75) is 34.4 Å². The predicted molar refractivity (Wildman–Crippen MR) is 241 cm³/mol. The van der Waals surface area contributed by atoms with Gasteiger partial charge in [-0.1, -0.05) is 36.1 Å². The summed E-state index contributed by atoms with van der Waals surface area (Å²) in [6.45, 7) is 3.51. The highest BCUT2D eigenvalue weighted by Crippen LogP contribution is 2.43. The maximum Gasteiger partial charge on any atom is 0.425 e. The molecule has 0 atom stereocenters. The molecule has 71 heavy (non-hydrogen) atoms. The second kappa shape index (κ2) is 26.1. The highest BCUT2D eigenvalue weighted by atomic mass is 32.2. The number of hydrogen-bond acceptors (Lipinski definition) is 28. The van der Waals surface area contributed by atoms with E-state index >= 15 is 0 Å². The van der Waals surface area contributed by atoms with E-state index in [2.05, 4.69) is 46.0 Å². The van der Waals surface area contributed by atoms with Crippen molar-refractivity contribution in [3.8, 4) is 23.1 Å². The Morgan fingerprint density at radius 2 is 1.27 bits per heavy atom. The Bertz CT molecular complexity index is 3580. The van der Waals surface area contributed by atoms with Crippen molar-refractivity contribution in [3.05, 3.63) is 72.4 Å². The summed E-state index contributed by atoms with van der Waals surface area (Å²) in [5, 5.41) is 58.5. The van der Waals surface area contributed by atoms with E-state index in [0.29, 0.717) is 16.4 Å². The van der Waals surface area contributed by atoms with E-state index in [1.807, 2.05) is 6.92 Å². The number of thioether (sulfide) groups is 1. The van der Waals surface area contributed by atoms with Crippen LogP contribution in [-0.2, 0) is 61.2 Å². The van der Waals surface area contributed by atoms with Crippen LogP contribution in [0.5, 0.6) is 17.4 Å². The van der Waals surface area contributed by atoms with Gasteiger partial charge in [-0.05, 0) is 73.2 Å². The number of aromatic hydroxyl groups is 2. The normalized spacial score (nSPS) is 11.6. The molecule has 5 N–H and O–H groups in total. The van der Waals surface area contributed by atoms with Crippen LogP contribution in [0.4, 0.5) is 33.6 Å². The number of rotatable bonds is 16. The summed E-state index contributed by atoms with van der Waals surface area (Å²) in [6, 6.07) is 12.5. The Morgan fingerprint density at radius 1 is 0.718 bits per heavy atom. The number of fused-ring (bicyclic) bond motifs is 1. The van der Waals surface area contributed by atoms with Crippen molar-refractivity contribution in [1.29, 1.82) is 0 Å². The number of nitrogens with zero attached hydrogens (tertiary/aromatic N) is 10. The molecule has 30 nitrogen and oxygen atoms in total. The molecule has 6 aromatic rings. The molecule has 4 aromatic carbocycles. The van der Waals surface area contributed by atoms with Crippen molar-refractivity contribution in [3.63, 3.8) is 0 Å². The molecular weight excluding hydrogens is 1090 g/mol. The van der Waals surface area contributed by atoms with Crippen LogP contribution in [0, 0.1) is 6.92 Å². The Morgan fingerprint density at radius 3 is 1.85 bits per heavy atom. The minimum absolute atomic E-state index is 0.0763. The first-order valence-electron chi connectivity index (χ1n) is 18.3. The first kappa shape index (κ1) is 58.1. The average molecular weight is 1120 g/mol. The van der Waals surface area contributed by atoms with Crippen LogP contribution in [0.1, 0.15) is 18.9 Å². The third kappa shape index (κ3) is 18.3. The molecule has 2 heterocycles. The lowest BCUT2D eigenvalue weighted by molar-refractivity contribution is -0.191. The lowest BCUT2D eigenvalue weighted by Crippen LogP contribution is -2.08. The van der Waals surface area contributed by atoms with E-state index in [1.165, 1.54) is 59.5 Å². The maximum absolute atomic E-state index is 12.7. The van der Waals surface area contributed by atoms with Crippen molar-refractivity contribution >= 4 is 125 Å². The number of ether oxygens (including phenoxy) is 1. The van der Waals surface area contributed by atoms with Crippen LogP contribution in [0.2, 0.25) is 0 Å². The van der Waals surface area contributed by atoms with Crippen LogP contribution in [0.25, 0.3) is 16.5 Å². The van der Waals surface area contributed by atoms with Gasteiger partial charge in [-0.25, -0.2) is 0 Å². The summed E-state index contributed by atoms with van der Waals surface area (Å²) >= 11 is 2.74. The number of aromatic nitrogens is 4. The van der Waals surface area contributed by atoms with Gasteiger partial charge < -0.3 is 14.9 Å². The highest BCUT2D eigenvalue weighted by Gasteiger charge is 2.23. The molecule has 2 aromatic heterocycles. The summed E-state index contributed by atoms with van der Waals surface area (Å²) in [5.74, 6) is -0.801. The third-order valence-electron chi connectivity index (χ3n) is 7.96. The van der Waals surface area contributed by atoms with Crippen molar-refractivity contribution < 1.29 is 88.7 Å². The minimum Gasteiger partial charge on any atom is -0.505 e. The van der Waals surface area contributed by atoms with Crippen molar-refractivity contribution in [2.75, 3.05) is 18.1 Å². The fraction of sp³-hybridized carbons (Fsp3) is 0.176. The van der Waals surface area contributed by atoms with Gasteiger partial charge in [-0.15, -0.1) is 66.1 Å². The Hall–Kier alpha value is -7.19. The molecule has 0 amide bonds. The Kier molecular flexibility index (Phi) is 21.4. The molecule has 0 saturated heterocycles. The Balaban J connectivity index is 0.00000110. The van der Waals surface area contributed by atoms with Crippen LogP contribution in [-0.4, -0.2) is 119 Å². The van der Waals surface area contributed by atoms with Gasteiger partial charge in [0.05, 0.1) is 34.8 Å². The van der Waals surface area contributed by atoms with Gasteiger partial charge in [0.1, 0.15) is 27.7 Å². The molecule has 0 bridgehead atoms. The van der Waals surface area contributed by atoms with Crippen LogP contribution < -0.4 is 4.74 Å². The molecule has 0 saturated carbocycles. The van der Waals surface area contributed by atoms with E-state index in [4.69, 9.17) is 44.1 Å². The summed E-state index contributed by atoms with van der Waals surface area (Å²) in [4.78, 5) is 15.1. The zero-order valence-corrected chi connectivity index (χ0v) is 41.1. The summed E-state index contributed by atoms with van der Waals surface area (Å²) in [6.07, 6.45) is 1.25. The first-order valence-corrected chi connectivity index (χ1v) is 26.6. The number of benzene rings is 4. The average Bonchev–Trinajstić information content (AvgIpc) is 3.88. The van der Waals surface area contributed by atoms with Gasteiger partial charge in [0, 0.05) is 16.8 Å². The van der Waals surface area contributed by atoms with Gasteiger partial charge in [0.25, 0.3) is 35.5 Å². The number of carbonyl (C=O) groups excluding carboxylic acids is 2.